The number of rotatable bonds is 8. The monoisotopic (exact) mass is 461 g/mol. The van der Waals surface area contributed by atoms with Gasteiger partial charge >= 0.3 is 6.03 Å². The zero-order valence-electron chi connectivity index (χ0n) is 19.4. The van der Waals surface area contributed by atoms with E-state index < -0.39 is 0 Å². The van der Waals surface area contributed by atoms with Crippen LogP contribution in [0, 0.1) is 11.3 Å². The number of piperazine rings is 1. The summed E-state index contributed by atoms with van der Waals surface area (Å²) in [5.74, 6) is 0. The van der Waals surface area contributed by atoms with Crippen LogP contribution >= 0.6 is 0 Å². The van der Waals surface area contributed by atoms with Crippen molar-refractivity contribution in [2.45, 2.75) is 57.2 Å². The van der Waals surface area contributed by atoms with Gasteiger partial charge in [-0.15, -0.1) is 0 Å². The third kappa shape index (κ3) is 4.89. The predicted molar refractivity (Wildman–Crippen MR) is 128 cm³/mol. The van der Waals surface area contributed by atoms with E-state index in [1.54, 1.807) is 6.33 Å². The molecule has 1 aliphatic heterocycles. The number of nitrogens with one attached hydrogen (secondary N) is 2. The van der Waals surface area contributed by atoms with Crippen LogP contribution in [-0.4, -0.2) is 78.8 Å². The van der Waals surface area contributed by atoms with Gasteiger partial charge in [0.1, 0.15) is 12.0 Å². The molecule has 1 aliphatic carbocycles. The summed E-state index contributed by atoms with van der Waals surface area (Å²) in [4.78, 5) is 28.8. The number of amides is 2. The van der Waals surface area contributed by atoms with Crippen LogP contribution in [0.25, 0.3) is 22.3 Å². The van der Waals surface area contributed by atoms with Crippen molar-refractivity contribution < 1.29 is 4.79 Å². The maximum Gasteiger partial charge on any atom is 0.317 e. The first-order valence-electron chi connectivity index (χ1n) is 12.2. The van der Waals surface area contributed by atoms with Crippen LogP contribution in [-0.2, 0) is 6.54 Å². The Morgan fingerprint density at radius 1 is 1.26 bits per heavy atom. The number of aromatic amines is 1. The van der Waals surface area contributed by atoms with Crippen molar-refractivity contribution in [2.24, 2.45) is 0 Å². The minimum absolute atomic E-state index is 0.0722. The molecule has 0 unspecified atom stereocenters. The zero-order chi connectivity index (χ0) is 23.3. The van der Waals surface area contributed by atoms with E-state index in [1.807, 2.05) is 34.2 Å². The highest BCUT2D eigenvalue weighted by molar-refractivity contribution is 5.89. The number of carbonyl (C=O) groups excluding carboxylic acids is 1. The van der Waals surface area contributed by atoms with Crippen LogP contribution < -0.4 is 5.32 Å². The van der Waals surface area contributed by atoms with E-state index in [9.17, 15) is 4.79 Å². The molecule has 2 aliphatic rings. The molecular weight excluding hydrogens is 430 g/mol. The molecule has 10 heteroatoms. The summed E-state index contributed by atoms with van der Waals surface area (Å²) in [5, 5.41) is 17.8. The van der Waals surface area contributed by atoms with Crippen molar-refractivity contribution in [3.05, 3.63) is 31.0 Å². The first kappa shape index (κ1) is 22.3. The lowest BCUT2D eigenvalue weighted by molar-refractivity contribution is 0.0913. The second-order valence-electron chi connectivity index (χ2n) is 9.22. The topological polar surface area (TPSA) is 119 Å². The van der Waals surface area contributed by atoms with Gasteiger partial charge in [-0.05, 0) is 38.2 Å². The highest BCUT2D eigenvalue weighted by atomic mass is 16.2. The molecule has 0 spiro atoms. The summed E-state index contributed by atoms with van der Waals surface area (Å²) < 4.78 is 1.97. The van der Waals surface area contributed by atoms with Crippen LogP contribution in [0.3, 0.4) is 0 Å². The van der Waals surface area contributed by atoms with Crippen molar-refractivity contribution >= 4 is 17.1 Å². The Hall–Kier alpha value is -3.45. The van der Waals surface area contributed by atoms with Gasteiger partial charge in [0.15, 0.2) is 0 Å². The Kier molecular flexibility index (Phi) is 6.72. The van der Waals surface area contributed by atoms with Gasteiger partial charge in [-0.3, -0.25) is 9.58 Å². The Morgan fingerprint density at radius 3 is 2.88 bits per heavy atom. The summed E-state index contributed by atoms with van der Waals surface area (Å²) in [6.07, 6.45) is 13.1. The minimum atomic E-state index is 0.0722. The summed E-state index contributed by atoms with van der Waals surface area (Å²) in [6, 6.07) is 4.94. The molecule has 34 heavy (non-hydrogen) atoms. The second-order valence-corrected chi connectivity index (χ2v) is 9.22. The number of nitriles is 1. The van der Waals surface area contributed by atoms with Crippen LogP contribution in [0.5, 0.6) is 0 Å². The van der Waals surface area contributed by atoms with E-state index in [1.165, 1.54) is 6.42 Å². The van der Waals surface area contributed by atoms with E-state index in [0.717, 1.165) is 80.7 Å². The van der Waals surface area contributed by atoms with E-state index in [4.69, 9.17) is 5.26 Å². The molecule has 4 heterocycles. The normalized spacial score (nSPS) is 17.9. The Morgan fingerprint density at radius 2 is 2.12 bits per heavy atom. The smallest absolute Gasteiger partial charge is 0.317 e. The molecule has 3 aromatic rings. The van der Waals surface area contributed by atoms with E-state index in [0.29, 0.717) is 12.5 Å². The number of aromatic nitrogens is 5. The molecule has 178 valence electrons. The Bertz CT molecular complexity index is 1150. The molecule has 2 N–H and O–H groups in total. The lowest BCUT2D eigenvalue weighted by Gasteiger charge is -2.40. The maximum absolute atomic E-state index is 12.5. The van der Waals surface area contributed by atoms with E-state index >= 15 is 0 Å². The van der Waals surface area contributed by atoms with Crippen molar-refractivity contribution in [2.75, 3.05) is 26.2 Å². The zero-order valence-corrected chi connectivity index (χ0v) is 19.4. The average Bonchev–Trinajstić information content (AvgIpc) is 3.50. The first-order valence-corrected chi connectivity index (χ1v) is 12.2. The minimum Gasteiger partial charge on any atom is -0.346 e. The van der Waals surface area contributed by atoms with Crippen LogP contribution in [0.15, 0.2) is 31.0 Å². The SMILES string of the molecule is N#CCCC[C@@H](Cn1cc(-c2ncnc3[nH]ccc23)cn1)N1CCN(C(=O)NC2CCC2)CC1. The van der Waals surface area contributed by atoms with Crippen LogP contribution in [0.2, 0.25) is 0 Å². The van der Waals surface area contributed by atoms with Gasteiger partial charge in [-0.2, -0.15) is 10.4 Å². The van der Waals surface area contributed by atoms with E-state index in [-0.39, 0.29) is 12.1 Å². The highest BCUT2D eigenvalue weighted by Crippen LogP contribution is 2.25. The fourth-order valence-electron chi connectivity index (χ4n) is 4.82. The Balaban J connectivity index is 1.23. The number of urea groups is 1. The predicted octanol–water partition coefficient (Wildman–Crippen LogP) is 2.76. The summed E-state index contributed by atoms with van der Waals surface area (Å²) >= 11 is 0. The number of nitrogens with zero attached hydrogens (tertiary/aromatic N) is 7. The van der Waals surface area contributed by atoms with Gasteiger partial charge in [0.05, 0.1) is 24.5 Å². The molecular formula is C24H31N9O. The summed E-state index contributed by atoms with van der Waals surface area (Å²) in [6.45, 7) is 3.85. The first-order chi connectivity index (χ1) is 16.7. The molecule has 1 atom stereocenters. The largest absolute Gasteiger partial charge is 0.346 e. The Labute approximate surface area is 199 Å². The fraction of sp³-hybridized carbons (Fsp3) is 0.542. The highest BCUT2D eigenvalue weighted by Gasteiger charge is 2.28. The van der Waals surface area contributed by atoms with Gasteiger partial charge < -0.3 is 15.2 Å². The number of fused-ring (bicyclic) bond motifs is 1. The number of unbranched alkanes of at least 4 members (excludes halogenated alkanes) is 1. The van der Waals surface area contributed by atoms with Crippen molar-refractivity contribution in [1.29, 1.82) is 5.26 Å². The lowest BCUT2D eigenvalue weighted by atomic mass is 9.93. The standard InChI is InChI=1S/C24H31N9O/c25-8-2-1-6-20(31-10-12-32(13-11-31)24(34)30-19-4-3-5-19)16-33-15-18(14-29-33)22-21-7-9-26-23(21)28-17-27-22/h7,9,14-15,17,19-20H,1-6,10-13,16H2,(H,30,34)(H,26,27,28)/t20-/m0/s1. The third-order valence-corrected chi connectivity index (χ3v) is 7.04. The van der Waals surface area contributed by atoms with Crippen molar-refractivity contribution in [3.63, 3.8) is 0 Å². The van der Waals surface area contributed by atoms with Crippen molar-refractivity contribution in [3.8, 4) is 17.3 Å². The summed E-state index contributed by atoms with van der Waals surface area (Å²) in [7, 11) is 0. The average molecular weight is 462 g/mol. The lowest BCUT2D eigenvalue weighted by Crippen LogP contribution is -2.56. The van der Waals surface area contributed by atoms with Gasteiger partial charge in [0.25, 0.3) is 0 Å². The summed E-state index contributed by atoms with van der Waals surface area (Å²) in [5.41, 5.74) is 2.64. The van der Waals surface area contributed by atoms with Crippen LogP contribution in [0.4, 0.5) is 4.79 Å². The number of carbonyl (C=O) groups is 1. The van der Waals surface area contributed by atoms with Crippen molar-refractivity contribution in [1.82, 2.24) is 39.8 Å². The van der Waals surface area contributed by atoms with Gasteiger partial charge in [-0.1, -0.05) is 0 Å². The fourth-order valence-corrected chi connectivity index (χ4v) is 4.82. The second kappa shape index (κ2) is 10.2. The van der Waals surface area contributed by atoms with E-state index in [2.05, 4.69) is 36.3 Å². The molecule has 10 nitrogen and oxygen atoms in total. The number of hydrogen-bond acceptors (Lipinski definition) is 6. The maximum atomic E-state index is 12.5. The molecule has 1 saturated carbocycles. The number of hydrogen-bond donors (Lipinski definition) is 2. The molecule has 2 amide bonds. The molecule has 0 bridgehead atoms. The third-order valence-electron chi connectivity index (χ3n) is 7.04. The van der Waals surface area contributed by atoms with Gasteiger partial charge in [-0.25, -0.2) is 14.8 Å². The molecule has 1 saturated heterocycles. The molecule has 0 aromatic carbocycles. The molecule has 2 fully saturated rings. The molecule has 0 radical (unpaired) electrons. The van der Waals surface area contributed by atoms with Crippen LogP contribution in [0.1, 0.15) is 38.5 Å². The molecule has 5 rings (SSSR count). The van der Waals surface area contributed by atoms with Gasteiger partial charge in [0.2, 0.25) is 0 Å². The van der Waals surface area contributed by atoms with Gasteiger partial charge in [0, 0.05) is 68.0 Å². The quantitative estimate of drug-likeness (QED) is 0.498. The molecule has 3 aromatic heterocycles. The number of H-pyrrole nitrogens is 1.